The number of ether oxygens (including phenoxy) is 1. The van der Waals surface area contributed by atoms with E-state index in [4.69, 9.17) is 4.74 Å². The molecule has 0 aromatic rings. The number of rotatable bonds is 7. The molecule has 17 heavy (non-hydrogen) atoms. The first-order chi connectivity index (χ1) is 8.31. The van der Waals surface area contributed by atoms with E-state index < -0.39 is 0 Å². The van der Waals surface area contributed by atoms with Crippen molar-refractivity contribution in [3.8, 4) is 0 Å². The summed E-state index contributed by atoms with van der Waals surface area (Å²) in [5, 5.41) is 3.72. The van der Waals surface area contributed by atoms with Gasteiger partial charge in [-0.25, -0.2) is 0 Å². The second-order valence-corrected chi connectivity index (χ2v) is 5.69. The third-order valence-electron chi connectivity index (χ3n) is 4.48. The molecule has 1 N–H and O–H groups in total. The standard InChI is InChI=1S/C14H28N2O/c1-3-16(8-9-17-2)7-6-12-10-13-4-5-14(11-12)15-13/h12-15H,3-11H2,1-2H3. The minimum atomic E-state index is 0.841. The normalized spacial score (nSPS) is 32.3. The van der Waals surface area contributed by atoms with Crippen LogP contribution in [0.15, 0.2) is 0 Å². The van der Waals surface area contributed by atoms with Crippen LogP contribution < -0.4 is 5.32 Å². The molecule has 3 nitrogen and oxygen atoms in total. The Morgan fingerprint density at radius 2 is 1.88 bits per heavy atom. The summed E-state index contributed by atoms with van der Waals surface area (Å²) in [4.78, 5) is 2.52. The van der Waals surface area contributed by atoms with Crippen LogP contribution in [0.25, 0.3) is 0 Å². The SMILES string of the molecule is CCN(CCOC)CCC1CC2CCC(C1)N2. The fourth-order valence-corrected chi connectivity index (χ4v) is 3.42. The van der Waals surface area contributed by atoms with Crippen molar-refractivity contribution < 1.29 is 4.74 Å². The molecule has 2 unspecified atom stereocenters. The van der Waals surface area contributed by atoms with Crippen LogP contribution in [0.2, 0.25) is 0 Å². The third kappa shape index (κ3) is 3.94. The van der Waals surface area contributed by atoms with Crippen LogP contribution in [0.3, 0.4) is 0 Å². The quantitative estimate of drug-likeness (QED) is 0.735. The molecule has 100 valence electrons. The van der Waals surface area contributed by atoms with E-state index in [1.807, 2.05) is 0 Å². The van der Waals surface area contributed by atoms with E-state index in [0.29, 0.717) is 0 Å². The highest BCUT2D eigenvalue weighted by atomic mass is 16.5. The molecular weight excluding hydrogens is 212 g/mol. The van der Waals surface area contributed by atoms with Crippen molar-refractivity contribution in [1.82, 2.24) is 10.2 Å². The van der Waals surface area contributed by atoms with Gasteiger partial charge in [-0.05, 0) is 51.1 Å². The topological polar surface area (TPSA) is 24.5 Å². The van der Waals surface area contributed by atoms with E-state index in [1.165, 1.54) is 38.6 Å². The van der Waals surface area contributed by atoms with E-state index in [-0.39, 0.29) is 0 Å². The number of fused-ring (bicyclic) bond motifs is 2. The maximum Gasteiger partial charge on any atom is 0.0589 e. The van der Waals surface area contributed by atoms with E-state index in [9.17, 15) is 0 Å². The molecule has 0 aromatic heterocycles. The van der Waals surface area contributed by atoms with Crippen molar-refractivity contribution in [2.45, 2.75) is 51.1 Å². The molecule has 2 atom stereocenters. The van der Waals surface area contributed by atoms with Crippen molar-refractivity contribution in [1.29, 1.82) is 0 Å². The molecule has 2 fully saturated rings. The maximum absolute atomic E-state index is 5.16. The molecule has 2 bridgehead atoms. The van der Waals surface area contributed by atoms with E-state index in [1.54, 1.807) is 7.11 Å². The smallest absolute Gasteiger partial charge is 0.0589 e. The lowest BCUT2D eigenvalue weighted by molar-refractivity contribution is 0.142. The van der Waals surface area contributed by atoms with Gasteiger partial charge in [0.05, 0.1) is 6.61 Å². The molecule has 0 saturated carbocycles. The Morgan fingerprint density at radius 3 is 2.47 bits per heavy atom. The second kappa shape index (κ2) is 6.72. The summed E-state index contributed by atoms with van der Waals surface area (Å²) >= 11 is 0. The van der Waals surface area contributed by atoms with Gasteiger partial charge < -0.3 is 15.0 Å². The van der Waals surface area contributed by atoms with Gasteiger partial charge in [0.25, 0.3) is 0 Å². The van der Waals surface area contributed by atoms with Crippen molar-refractivity contribution in [2.24, 2.45) is 5.92 Å². The summed E-state index contributed by atoms with van der Waals surface area (Å²) in [5.41, 5.74) is 0. The minimum absolute atomic E-state index is 0.841. The highest BCUT2D eigenvalue weighted by molar-refractivity contribution is 4.92. The predicted molar refractivity (Wildman–Crippen MR) is 71.3 cm³/mol. The van der Waals surface area contributed by atoms with Crippen LogP contribution in [0.4, 0.5) is 0 Å². The van der Waals surface area contributed by atoms with Gasteiger partial charge in [0.1, 0.15) is 0 Å². The van der Waals surface area contributed by atoms with E-state index in [2.05, 4.69) is 17.1 Å². The molecule has 0 amide bonds. The molecule has 2 aliphatic rings. The van der Waals surface area contributed by atoms with Gasteiger partial charge in [-0.2, -0.15) is 0 Å². The lowest BCUT2D eigenvalue weighted by atomic mass is 9.89. The van der Waals surface area contributed by atoms with Gasteiger partial charge >= 0.3 is 0 Å². The second-order valence-electron chi connectivity index (χ2n) is 5.69. The monoisotopic (exact) mass is 240 g/mol. The van der Waals surface area contributed by atoms with Crippen LogP contribution in [-0.2, 0) is 4.74 Å². The van der Waals surface area contributed by atoms with Gasteiger partial charge in [-0.3, -0.25) is 0 Å². The van der Waals surface area contributed by atoms with Crippen molar-refractivity contribution >= 4 is 0 Å². The summed E-state index contributed by atoms with van der Waals surface area (Å²) in [6.07, 6.45) is 7.05. The fourth-order valence-electron chi connectivity index (χ4n) is 3.42. The van der Waals surface area contributed by atoms with Gasteiger partial charge in [0.15, 0.2) is 0 Å². The Labute approximate surface area is 106 Å². The lowest BCUT2D eigenvalue weighted by Crippen LogP contribution is -2.39. The number of hydrogen-bond acceptors (Lipinski definition) is 3. The van der Waals surface area contributed by atoms with Crippen LogP contribution in [0.5, 0.6) is 0 Å². The van der Waals surface area contributed by atoms with Crippen molar-refractivity contribution in [3.63, 3.8) is 0 Å². The van der Waals surface area contributed by atoms with Crippen molar-refractivity contribution in [2.75, 3.05) is 33.4 Å². The summed E-state index contributed by atoms with van der Waals surface area (Å²) in [6.45, 7) is 6.61. The number of piperidine rings is 1. The fraction of sp³-hybridized carbons (Fsp3) is 1.00. The Balaban J connectivity index is 1.66. The zero-order chi connectivity index (χ0) is 12.1. The van der Waals surface area contributed by atoms with Crippen molar-refractivity contribution in [3.05, 3.63) is 0 Å². The molecule has 0 aliphatic carbocycles. The average Bonchev–Trinajstić information content (AvgIpc) is 2.69. The Morgan fingerprint density at radius 1 is 1.18 bits per heavy atom. The first-order valence-corrected chi connectivity index (χ1v) is 7.29. The molecule has 2 rings (SSSR count). The van der Waals surface area contributed by atoms with Gasteiger partial charge in [0, 0.05) is 25.7 Å². The minimum Gasteiger partial charge on any atom is -0.383 e. The Kier molecular flexibility index (Phi) is 5.26. The molecule has 2 heterocycles. The van der Waals surface area contributed by atoms with Crippen LogP contribution in [-0.4, -0.2) is 50.3 Å². The summed E-state index contributed by atoms with van der Waals surface area (Å²) in [5.74, 6) is 0.963. The highest BCUT2D eigenvalue weighted by Gasteiger charge is 2.33. The zero-order valence-electron chi connectivity index (χ0n) is 11.5. The molecule has 2 saturated heterocycles. The Hall–Kier alpha value is -0.120. The average molecular weight is 240 g/mol. The van der Waals surface area contributed by atoms with Crippen LogP contribution in [0.1, 0.15) is 39.0 Å². The van der Waals surface area contributed by atoms with Crippen LogP contribution >= 0.6 is 0 Å². The lowest BCUT2D eigenvalue weighted by Gasteiger charge is -2.30. The number of nitrogens with zero attached hydrogens (tertiary/aromatic N) is 1. The number of hydrogen-bond donors (Lipinski definition) is 1. The summed E-state index contributed by atoms with van der Waals surface area (Å²) in [7, 11) is 1.79. The van der Waals surface area contributed by atoms with Gasteiger partial charge in [-0.15, -0.1) is 0 Å². The maximum atomic E-state index is 5.16. The molecule has 0 spiro atoms. The molecule has 3 heteroatoms. The number of nitrogens with one attached hydrogen (secondary N) is 1. The highest BCUT2D eigenvalue weighted by Crippen LogP contribution is 2.32. The predicted octanol–water partition coefficient (Wildman–Crippen LogP) is 1.88. The summed E-state index contributed by atoms with van der Waals surface area (Å²) < 4.78 is 5.16. The van der Waals surface area contributed by atoms with Gasteiger partial charge in [0.2, 0.25) is 0 Å². The third-order valence-corrected chi connectivity index (χ3v) is 4.48. The van der Waals surface area contributed by atoms with E-state index in [0.717, 1.165) is 37.7 Å². The largest absolute Gasteiger partial charge is 0.383 e. The molecule has 2 aliphatic heterocycles. The summed E-state index contributed by atoms with van der Waals surface area (Å²) in [6, 6.07) is 1.68. The van der Waals surface area contributed by atoms with Gasteiger partial charge in [-0.1, -0.05) is 6.92 Å². The van der Waals surface area contributed by atoms with Crippen LogP contribution in [0, 0.1) is 5.92 Å². The first-order valence-electron chi connectivity index (χ1n) is 7.29. The van der Waals surface area contributed by atoms with E-state index >= 15 is 0 Å². The molecule has 0 radical (unpaired) electrons. The molecular formula is C14H28N2O. The number of likely N-dealkylation sites (N-methyl/N-ethyl adjacent to an activating group) is 1. The zero-order valence-corrected chi connectivity index (χ0v) is 11.5. The first kappa shape index (κ1) is 13.3. The number of methoxy groups -OCH3 is 1. The molecule has 0 aromatic carbocycles. The Bertz CT molecular complexity index is 210.